The summed E-state index contributed by atoms with van der Waals surface area (Å²) >= 11 is 1.29. The number of benzene rings is 2. The van der Waals surface area contributed by atoms with Gasteiger partial charge in [0.05, 0.1) is 18.4 Å². The molecule has 1 fully saturated rings. The van der Waals surface area contributed by atoms with E-state index in [1.54, 1.807) is 36.2 Å². The summed E-state index contributed by atoms with van der Waals surface area (Å²) in [5.41, 5.74) is 1.48. The molecule has 2 aromatic carbocycles. The van der Waals surface area contributed by atoms with Crippen molar-refractivity contribution in [1.82, 2.24) is 0 Å². The largest absolute Gasteiger partial charge is 0.491 e. The number of fused-ring (bicyclic) bond motifs is 1. The number of thioether (sulfide) groups is 1. The zero-order chi connectivity index (χ0) is 17.4. The van der Waals surface area contributed by atoms with E-state index in [0.29, 0.717) is 17.9 Å². The summed E-state index contributed by atoms with van der Waals surface area (Å²) < 4.78 is 9.46. The number of anilines is 1. The van der Waals surface area contributed by atoms with E-state index in [4.69, 9.17) is 9.47 Å². The van der Waals surface area contributed by atoms with Gasteiger partial charge in [-0.3, -0.25) is 4.79 Å². The highest BCUT2D eigenvalue weighted by atomic mass is 32.2. The second-order valence-corrected chi connectivity index (χ2v) is 7.27. The van der Waals surface area contributed by atoms with Gasteiger partial charge in [0.25, 0.3) is 5.91 Å². The van der Waals surface area contributed by atoms with Crippen LogP contribution in [-0.2, 0) is 14.3 Å². The van der Waals surface area contributed by atoms with Crippen molar-refractivity contribution >= 4 is 23.4 Å². The molecule has 0 bridgehead atoms. The lowest BCUT2D eigenvalue weighted by molar-refractivity contribution is -0.119. The number of carbonyl (C=O) groups is 1. The Kier molecular flexibility index (Phi) is 3.91. The van der Waals surface area contributed by atoms with Crippen molar-refractivity contribution in [3.05, 3.63) is 54.1 Å². The van der Waals surface area contributed by atoms with E-state index in [1.807, 2.05) is 24.3 Å². The van der Waals surface area contributed by atoms with Gasteiger partial charge in [-0.15, -0.1) is 0 Å². The van der Waals surface area contributed by atoms with Crippen molar-refractivity contribution in [2.45, 2.75) is 15.7 Å². The Labute approximate surface area is 150 Å². The van der Waals surface area contributed by atoms with Gasteiger partial charge < -0.3 is 14.4 Å². The van der Waals surface area contributed by atoms with Crippen molar-refractivity contribution in [2.75, 3.05) is 25.2 Å². The third-order valence-electron chi connectivity index (χ3n) is 4.35. The molecule has 1 amide bonds. The molecule has 0 aromatic heterocycles. The smallest absolute Gasteiger partial charge is 0.262 e. The number of amides is 1. The average Bonchev–Trinajstić information content (AvgIpc) is 3.48. The maximum Gasteiger partial charge on any atom is 0.262 e. The van der Waals surface area contributed by atoms with Crippen LogP contribution in [0.4, 0.5) is 5.69 Å². The number of nitrogens with zero attached hydrogens (tertiary/aromatic N) is 2. The third kappa shape index (κ3) is 2.76. The van der Waals surface area contributed by atoms with Gasteiger partial charge in [0.2, 0.25) is 4.75 Å². The highest BCUT2D eigenvalue weighted by Gasteiger charge is 2.48. The van der Waals surface area contributed by atoms with Crippen LogP contribution in [0.15, 0.2) is 53.4 Å². The molecule has 2 aromatic rings. The Balaban J connectivity index is 1.66. The molecule has 0 saturated carbocycles. The Morgan fingerprint density at radius 1 is 1.32 bits per heavy atom. The van der Waals surface area contributed by atoms with Crippen LogP contribution in [0.3, 0.4) is 0 Å². The zero-order valence-corrected chi connectivity index (χ0v) is 14.5. The Morgan fingerprint density at radius 2 is 2.04 bits per heavy atom. The van der Waals surface area contributed by atoms with Gasteiger partial charge >= 0.3 is 0 Å². The highest BCUT2D eigenvalue weighted by Crippen LogP contribution is 2.50. The lowest BCUT2D eigenvalue weighted by atomic mass is 9.97. The van der Waals surface area contributed by atoms with Crippen LogP contribution < -0.4 is 9.64 Å². The molecule has 5 nitrogen and oxygen atoms in total. The van der Waals surface area contributed by atoms with Gasteiger partial charge in [-0.05, 0) is 29.8 Å². The molecule has 0 spiro atoms. The normalized spacial score (nSPS) is 24.4. The summed E-state index contributed by atoms with van der Waals surface area (Å²) in [6.45, 7) is 1.26. The Hall–Kier alpha value is -2.49. The summed E-state index contributed by atoms with van der Waals surface area (Å²) in [6, 6.07) is 17.0. The van der Waals surface area contributed by atoms with Gasteiger partial charge in [0.15, 0.2) is 0 Å². The van der Waals surface area contributed by atoms with E-state index in [-0.39, 0.29) is 12.0 Å². The van der Waals surface area contributed by atoms with Crippen LogP contribution in [0.1, 0.15) is 5.56 Å². The maximum absolute atomic E-state index is 13.0. The number of epoxide rings is 1. The van der Waals surface area contributed by atoms with Gasteiger partial charge in [0, 0.05) is 11.9 Å². The average molecular weight is 352 g/mol. The minimum atomic E-state index is -1.29. The number of rotatable bonds is 4. The molecule has 4 rings (SSSR count). The van der Waals surface area contributed by atoms with Gasteiger partial charge in [0.1, 0.15) is 18.5 Å². The summed E-state index contributed by atoms with van der Waals surface area (Å²) in [4.78, 5) is 15.5. The van der Waals surface area contributed by atoms with Crippen molar-refractivity contribution < 1.29 is 14.3 Å². The fourth-order valence-electron chi connectivity index (χ4n) is 2.83. The fraction of sp³-hybridized carbons (Fsp3) is 0.263. The summed E-state index contributed by atoms with van der Waals surface area (Å²) in [5.74, 6) is 0.466. The monoisotopic (exact) mass is 352 g/mol. The lowest BCUT2D eigenvalue weighted by Crippen LogP contribution is -2.45. The van der Waals surface area contributed by atoms with E-state index >= 15 is 0 Å². The topological polar surface area (TPSA) is 65.9 Å². The number of ether oxygens (including phenoxy) is 2. The van der Waals surface area contributed by atoms with Crippen LogP contribution >= 0.6 is 11.8 Å². The zero-order valence-electron chi connectivity index (χ0n) is 13.6. The first-order chi connectivity index (χ1) is 12.1. The molecule has 0 N–H and O–H groups in total. The molecular formula is C19H16N2O3S. The lowest BCUT2D eigenvalue weighted by Gasteiger charge is -2.36. The van der Waals surface area contributed by atoms with Crippen LogP contribution in [0.5, 0.6) is 5.75 Å². The summed E-state index contributed by atoms with van der Waals surface area (Å²) in [5, 5.41) is 9.90. The molecule has 25 heavy (non-hydrogen) atoms. The number of para-hydroxylation sites is 1. The quantitative estimate of drug-likeness (QED) is 0.792. The Morgan fingerprint density at radius 3 is 2.72 bits per heavy atom. The first-order valence-corrected chi connectivity index (χ1v) is 8.78. The predicted molar refractivity (Wildman–Crippen MR) is 94.7 cm³/mol. The second-order valence-electron chi connectivity index (χ2n) is 6.02. The molecule has 0 radical (unpaired) electrons. The van der Waals surface area contributed by atoms with Gasteiger partial charge in [-0.25, -0.2) is 0 Å². The molecule has 2 unspecified atom stereocenters. The number of hydrogen-bond acceptors (Lipinski definition) is 5. The van der Waals surface area contributed by atoms with Crippen molar-refractivity contribution in [3.63, 3.8) is 0 Å². The van der Waals surface area contributed by atoms with E-state index in [1.165, 1.54) is 11.8 Å². The van der Waals surface area contributed by atoms with Crippen molar-refractivity contribution in [1.29, 1.82) is 5.26 Å². The number of likely N-dealkylation sites (N-methyl/N-ethyl adjacent to an activating group) is 1. The standard InChI is InChI=1S/C19H16N2O3S/c1-21-16-4-2-3-5-17(16)25-19(12-20,18(21)22)13-6-8-14(9-7-13)23-10-15-11-24-15/h2-9,15H,10-11H2,1H3. The first-order valence-electron chi connectivity index (χ1n) is 7.96. The second kappa shape index (κ2) is 6.10. The first kappa shape index (κ1) is 16.0. The third-order valence-corrected chi connectivity index (χ3v) is 5.72. The highest BCUT2D eigenvalue weighted by molar-refractivity contribution is 8.01. The van der Waals surface area contributed by atoms with E-state index < -0.39 is 4.75 Å². The number of hydrogen-bond donors (Lipinski definition) is 0. The molecule has 2 atom stereocenters. The van der Waals surface area contributed by atoms with Crippen molar-refractivity contribution in [3.8, 4) is 11.8 Å². The van der Waals surface area contributed by atoms with Crippen LogP contribution in [-0.4, -0.2) is 32.3 Å². The minimum Gasteiger partial charge on any atom is -0.491 e. The van der Waals surface area contributed by atoms with E-state index in [0.717, 1.165) is 17.2 Å². The number of carbonyl (C=O) groups excluding carboxylic acids is 1. The van der Waals surface area contributed by atoms with E-state index in [9.17, 15) is 10.1 Å². The molecule has 0 aliphatic carbocycles. The predicted octanol–water partition coefficient (Wildman–Crippen LogP) is 2.95. The molecule has 2 heterocycles. The Bertz CT molecular complexity index is 858. The molecule has 2 aliphatic heterocycles. The van der Waals surface area contributed by atoms with E-state index in [2.05, 4.69) is 6.07 Å². The molecule has 1 saturated heterocycles. The summed E-state index contributed by atoms with van der Waals surface area (Å²) in [6.07, 6.45) is 0.186. The fourth-order valence-corrected chi connectivity index (χ4v) is 4.14. The van der Waals surface area contributed by atoms with Gasteiger partial charge in [-0.2, -0.15) is 5.26 Å². The molecule has 6 heteroatoms. The minimum absolute atomic E-state index is 0.186. The molecule has 126 valence electrons. The molecular weight excluding hydrogens is 336 g/mol. The van der Waals surface area contributed by atoms with Gasteiger partial charge in [-0.1, -0.05) is 36.0 Å². The molecule has 2 aliphatic rings. The SMILES string of the molecule is CN1C(=O)C(C#N)(c2ccc(OCC3CO3)cc2)Sc2ccccc21. The maximum atomic E-state index is 13.0. The number of nitriles is 1. The van der Waals surface area contributed by atoms with Crippen molar-refractivity contribution in [2.24, 2.45) is 0 Å². The summed E-state index contributed by atoms with van der Waals surface area (Å²) in [7, 11) is 1.71. The van der Waals surface area contributed by atoms with Crippen LogP contribution in [0.25, 0.3) is 0 Å². The van der Waals surface area contributed by atoms with Crippen LogP contribution in [0, 0.1) is 11.3 Å². The van der Waals surface area contributed by atoms with Crippen LogP contribution in [0.2, 0.25) is 0 Å².